The third-order valence-electron chi connectivity index (χ3n) is 7.64. The Hall–Kier alpha value is -3.43. The van der Waals surface area contributed by atoms with Crippen molar-refractivity contribution in [3.63, 3.8) is 0 Å². The molecule has 0 spiro atoms. The highest BCUT2D eigenvalue weighted by Gasteiger charge is 2.39. The molecule has 0 aliphatic heterocycles. The minimum atomic E-state index is -2.19. The summed E-state index contributed by atoms with van der Waals surface area (Å²) < 4.78 is 17.7. The first-order chi connectivity index (χ1) is 19.0. The second-order valence-corrected chi connectivity index (χ2v) is 16.5. The third-order valence-corrected chi connectivity index (χ3v) is 12.0. The maximum Gasteiger partial charge on any atom is 0.332 e. The molecule has 40 heavy (non-hydrogen) atoms. The summed E-state index contributed by atoms with van der Waals surface area (Å²) >= 11 is 0. The molecule has 0 aliphatic rings. The second kappa shape index (κ2) is 12.0. The molecule has 0 saturated carbocycles. The standard InChI is InChI=1S/C31H42N4O4Si/c1-8-19-33-28-26(29(36)34(20-9-2)30(33)37)35(22-38-21-23-15-11-10-12-16-23)27(32-28)24-17-13-14-18-25(24)39-40(6,7)31(3,4)5/h10-18H,8-9,19-22H2,1-7H3. The van der Waals surface area contributed by atoms with E-state index in [-0.39, 0.29) is 23.0 Å². The quantitative estimate of drug-likeness (QED) is 0.198. The lowest BCUT2D eigenvalue weighted by Crippen LogP contribution is -2.44. The smallest absolute Gasteiger partial charge is 0.332 e. The molecule has 8 nitrogen and oxygen atoms in total. The summed E-state index contributed by atoms with van der Waals surface area (Å²) in [5.41, 5.74) is 1.87. The second-order valence-electron chi connectivity index (χ2n) is 11.7. The average molecular weight is 563 g/mol. The molecule has 9 heteroatoms. The lowest BCUT2D eigenvalue weighted by molar-refractivity contribution is 0.0672. The van der Waals surface area contributed by atoms with E-state index in [0.717, 1.165) is 17.5 Å². The predicted octanol–water partition coefficient (Wildman–Crippen LogP) is 6.41. The first-order valence-electron chi connectivity index (χ1n) is 14.1. The maximum atomic E-state index is 13.8. The van der Waals surface area contributed by atoms with Crippen LogP contribution in [0.5, 0.6) is 5.75 Å². The highest BCUT2D eigenvalue weighted by Crippen LogP contribution is 2.40. The molecule has 0 atom stereocenters. The molecule has 214 valence electrons. The summed E-state index contributed by atoms with van der Waals surface area (Å²) in [7, 11) is -2.19. The van der Waals surface area contributed by atoms with Gasteiger partial charge < -0.3 is 9.16 Å². The van der Waals surface area contributed by atoms with Crippen LogP contribution in [-0.2, 0) is 31.2 Å². The van der Waals surface area contributed by atoms with Gasteiger partial charge in [0.1, 0.15) is 18.3 Å². The Kier molecular flexibility index (Phi) is 8.85. The Morgan fingerprint density at radius 1 is 0.850 bits per heavy atom. The van der Waals surface area contributed by atoms with Gasteiger partial charge in [0.25, 0.3) is 13.9 Å². The van der Waals surface area contributed by atoms with Gasteiger partial charge in [-0.2, -0.15) is 0 Å². The van der Waals surface area contributed by atoms with Crippen LogP contribution in [0.15, 0.2) is 64.2 Å². The van der Waals surface area contributed by atoms with Gasteiger partial charge in [-0.15, -0.1) is 0 Å². The fraction of sp³-hybridized carbons (Fsp3) is 0.452. The first-order valence-corrected chi connectivity index (χ1v) is 17.0. The van der Waals surface area contributed by atoms with E-state index < -0.39 is 8.32 Å². The number of hydrogen-bond donors (Lipinski definition) is 0. The molecule has 0 N–H and O–H groups in total. The molecule has 4 rings (SSSR count). The Morgan fingerprint density at radius 3 is 2.12 bits per heavy atom. The Labute approximate surface area is 237 Å². The molecule has 4 aromatic rings. The van der Waals surface area contributed by atoms with E-state index in [1.54, 1.807) is 4.57 Å². The molecule has 0 radical (unpaired) electrons. The normalized spacial score (nSPS) is 12.3. The molecule has 0 bridgehead atoms. The van der Waals surface area contributed by atoms with Crippen LogP contribution in [0.2, 0.25) is 18.1 Å². The van der Waals surface area contributed by atoms with Gasteiger partial charge in [0.15, 0.2) is 11.2 Å². The summed E-state index contributed by atoms with van der Waals surface area (Å²) in [5, 5.41) is -0.00543. The van der Waals surface area contributed by atoms with Crippen LogP contribution in [0.1, 0.15) is 53.0 Å². The van der Waals surface area contributed by atoms with Crippen molar-refractivity contribution in [2.75, 3.05) is 0 Å². The van der Waals surface area contributed by atoms with E-state index in [9.17, 15) is 9.59 Å². The van der Waals surface area contributed by atoms with Gasteiger partial charge in [0, 0.05) is 13.1 Å². The minimum Gasteiger partial charge on any atom is -0.543 e. The van der Waals surface area contributed by atoms with Crippen molar-refractivity contribution < 1.29 is 9.16 Å². The Balaban J connectivity index is 1.95. The zero-order valence-corrected chi connectivity index (χ0v) is 25.9. The number of rotatable bonds is 11. The number of imidazole rings is 1. The monoisotopic (exact) mass is 562 g/mol. The van der Waals surface area contributed by atoms with E-state index >= 15 is 0 Å². The topological polar surface area (TPSA) is 80.3 Å². The van der Waals surface area contributed by atoms with Gasteiger partial charge in [0.05, 0.1) is 12.2 Å². The van der Waals surface area contributed by atoms with Crippen LogP contribution in [0.4, 0.5) is 0 Å². The fourth-order valence-corrected chi connectivity index (χ4v) is 5.50. The van der Waals surface area contributed by atoms with Crippen LogP contribution < -0.4 is 15.7 Å². The highest BCUT2D eigenvalue weighted by atomic mass is 28.4. The van der Waals surface area contributed by atoms with E-state index in [0.29, 0.717) is 48.9 Å². The van der Waals surface area contributed by atoms with Crippen LogP contribution in [-0.4, -0.2) is 27.0 Å². The van der Waals surface area contributed by atoms with Crippen molar-refractivity contribution in [1.29, 1.82) is 0 Å². The summed E-state index contributed by atoms with van der Waals surface area (Å²) in [6, 6.07) is 17.7. The van der Waals surface area contributed by atoms with Gasteiger partial charge in [-0.25, -0.2) is 9.78 Å². The van der Waals surface area contributed by atoms with Crippen molar-refractivity contribution in [2.24, 2.45) is 0 Å². The number of para-hydroxylation sites is 1. The Bertz CT molecular complexity index is 1580. The van der Waals surface area contributed by atoms with Gasteiger partial charge in [-0.05, 0) is 48.7 Å². The van der Waals surface area contributed by atoms with Gasteiger partial charge >= 0.3 is 5.69 Å². The zero-order chi connectivity index (χ0) is 29.1. The summed E-state index contributed by atoms with van der Waals surface area (Å²) in [4.78, 5) is 32.3. The minimum absolute atomic E-state index is 0.00543. The van der Waals surface area contributed by atoms with E-state index in [2.05, 4.69) is 33.9 Å². The summed E-state index contributed by atoms with van der Waals surface area (Å²) in [5.74, 6) is 1.26. The van der Waals surface area contributed by atoms with Crippen molar-refractivity contribution in [2.45, 2.75) is 92.0 Å². The molecular weight excluding hydrogens is 520 g/mol. The number of aromatic nitrogens is 4. The third kappa shape index (κ3) is 5.85. The van der Waals surface area contributed by atoms with Gasteiger partial charge in [0.2, 0.25) is 0 Å². The molecule has 2 aromatic carbocycles. The van der Waals surface area contributed by atoms with E-state index in [4.69, 9.17) is 14.1 Å². The van der Waals surface area contributed by atoms with Crippen molar-refractivity contribution in [3.05, 3.63) is 81.0 Å². The lowest BCUT2D eigenvalue weighted by Gasteiger charge is -2.37. The average Bonchev–Trinajstić information content (AvgIpc) is 3.28. The summed E-state index contributed by atoms with van der Waals surface area (Å²) in [6.45, 7) is 16.3. The number of benzene rings is 2. The zero-order valence-electron chi connectivity index (χ0n) is 24.9. The number of fused-ring (bicyclic) bond motifs is 1. The number of hydrogen-bond acceptors (Lipinski definition) is 5. The number of aryl methyl sites for hydroxylation is 1. The van der Waals surface area contributed by atoms with E-state index in [1.807, 2.05) is 73.0 Å². The molecule has 0 amide bonds. The fourth-order valence-electron chi connectivity index (χ4n) is 4.47. The van der Waals surface area contributed by atoms with Crippen LogP contribution in [0.25, 0.3) is 22.6 Å². The molecule has 2 aromatic heterocycles. The number of ether oxygens (including phenoxy) is 1. The van der Waals surface area contributed by atoms with Crippen molar-refractivity contribution in [1.82, 2.24) is 18.7 Å². The first kappa shape index (κ1) is 29.5. The van der Waals surface area contributed by atoms with Gasteiger partial charge in [-0.3, -0.25) is 18.5 Å². The molecule has 0 aliphatic carbocycles. The molecule has 0 saturated heterocycles. The van der Waals surface area contributed by atoms with Crippen LogP contribution in [0, 0.1) is 0 Å². The van der Waals surface area contributed by atoms with Crippen molar-refractivity contribution in [3.8, 4) is 17.1 Å². The molecule has 0 unspecified atom stereocenters. The molecule has 0 fully saturated rings. The van der Waals surface area contributed by atoms with Crippen LogP contribution >= 0.6 is 0 Å². The highest BCUT2D eigenvalue weighted by molar-refractivity contribution is 6.74. The largest absolute Gasteiger partial charge is 0.543 e. The predicted molar refractivity (Wildman–Crippen MR) is 163 cm³/mol. The Morgan fingerprint density at radius 2 is 1.48 bits per heavy atom. The maximum absolute atomic E-state index is 13.8. The van der Waals surface area contributed by atoms with Gasteiger partial charge in [-0.1, -0.05) is 77.1 Å². The number of nitrogens with zero attached hydrogens (tertiary/aromatic N) is 4. The SMILES string of the molecule is CCCn1c(=O)c2c(nc(-c3ccccc3O[Si](C)(C)C(C)(C)C)n2COCc2ccccc2)n(CCC)c1=O. The van der Waals surface area contributed by atoms with Crippen molar-refractivity contribution >= 4 is 19.5 Å². The van der Waals surface area contributed by atoms with E-state index in [1.165, 1.54) is 4.57 Å². The molecule has 2 heterocycles. The van der Waals surface area contributed by atoms with Crippen LogP contribution in [0.3, 0.4) is 0 Å². The summed E-state index contributed by atoms with van der Waals surface area (Å²) in [6.07, 6.45) is 1.40. The lowest BCUT2D eigenvalue weighted by atomic mass is 10.2. The molecular formula is C31H42N4O4Si.